The van der Waals surface area contributed by atoms with Gasteiger partial charge in [0.2, 0.25) is 0 Å². The van der Waals surface area contributed by atoms with Crippen molar-refractivity contribution in [1.29, 1.82) is 0 Å². The van der Waals surface area contributed by atoms with E-state index < -0.39 is 0 Å². The largest absolute Gasteiger partial charge is 0.492 e. The highest BCUT2D eigenvalue weighted by Gasteiger charge is 2.00. The maximum absolute atomic E-state index is 5.75. The molecule has 0 radical (unpaired) electrons. The molecule has 0 saturated heterocycles. The van der Waals surface area contributed by atoms with E-state index in [2.05, 4.69) is 61.6 Å². The van der Waals surface area contributed by atoms with Crippen LogP contribution < -0.4 is 10.1 Å². The maximum atomic E-state index is 5.75. The molecule has 2 aromatic rings. The normalized spacial score (nSPS) is 10.7. The standard InChI is InChI=1S/C14H15Br2NOS/c1-10-6-11(15)2-3-14(10)18-5-4-17-8-13-7-12(16)9-19-13/h2-3,6-7,9,17H,4-5,8H2,1H3. The molecule has 19 heavy (non-hydrogen) atoms. The molecule has 0 atom stereocenters. The molecule has 0 aliphatic carbocycles. The fourth-order valence-corrected chi connectivity index (χ4v) is 3.56. The van der Waals surface area contributed by atoms with E-state index in [1.54, 1.807) is 11.3 Å². The van der Waals surface area contributed by atoms with E-state index in [-0.39, 0.29) is 0 Å². The lowest BCUT2D eigenvalue weighted by Gasteiger charge is -2.09. The number of nitrogens with one attached hydrogen (secondary N) is 1. The van der Waals surface area contributed by atoms with E-state index in [4.69, 9.17) is 4.74 Å². The average Bonchev–Trinajstić information content (AvgIpc) is 2.77. The summed E-state index contributed by atoms with van der Waals surface area (Å²) in [6.45, 7) is 4.45. The quantitative estimate of drug-likeness (QED) is 0.701. The predicted octanol–water partition coefficient (Wildman–Crippen LogP) is 4.75. The number of hydrogen-bond donors (Lipinski definition) is 1. The topological polar surface area (TPSA) is 21.3 Å². The lowest BCUT2D eigenvalue weighted by atomic mass is 10.2. The summed E-state index contributed by atoms with van der Waals surface area (Å²) in [7, 11) is 0. The number of rotatable bonds is 6. The van der Waals surface area contributed by atoms with Crippen LogP contribution in [0.3, 0.4) is 0 Å². The third-order valence-corrected chi connectivity index (χ3v) is 4.79. The van der Waals surface area contributed by atoms with Gasteiger partial charge in [-0.1, -0.05) is 15.9 Å². The second-order valence-electron chi connectivity index (χ2n) is 4.17. The van der Waals surface area contributed by atoms with E-state index in [0.29, 0.717) is 6.61 Å². The molecular weight excluding hydrogens is 390 g/mol. The zero-order chi connectivity index (χ0) is 13.7. The van der Waals surface area contributed by atoms with Crippen molar-refractivity contribution in [3.63, 3.8) is 0 Å². The third kappa shape index (κ3) is 4.91. The molecule has 2 rings (SSSR count). The number of ether oxygens (including phenoxy) is 1. The van der Waals surface area contributed by atoms with Crippen LogP contribution in [0.25, 0.3) is 0 Å². The van der Waals surface area contributed by atoms with Gasteiger partial charge in [0.15, 0.2) is 0 Å². The molecule has 102 valence electrons. The van der Waals surface area contributed by atoms with Crippen LogP contribution >= 0.6 is 43.2 Å². The molecule has 0 amide bonds. The van der Waals surface area contributed by atoms with Crippen molar-refractivity contribution in [3.05, 3.63) is 49.0 Å². The Morgan fingerprint density at radius 1 is 1.21 bits per heavy atom. The minimum atomic E-state index is 0.676. The van der Waals surface area contributed by atoms with E-state index in [1.165, 1.54) is 4.88 Å². The van der Waals surface area contributed by atoms with Gasteiger partial charge in [-0.05, 0) is 52.7 Å². The van der Waals surface area contributed by atoms with Crippen LogP contribution in [0.15, 0.2) is 38.6 Å². The van der Waals surface area contributed by atoms with Gasteiger partial charge in [0.1, 0.15) is 12.4 Å². The molecule has 0 spiro atoms. The van der Waals surface area contributed by atoms with Gasteiger partial charge in [-0.15, -0.1) is 11.3 Å². The lowest BCUT2D eigenvalue weighted by Crippen LogP contribution is -2.20. The van der Waals surface area contributed by atoms with E-state index in [1.807, 2.05) is 12.1 Å². The molecule has 1 heterocycles. The van der Waals surface area contributed by atoms with Gasteiger partial charge in [-0.3, -0.25) is 0 Å². The Kier molecular flexibility index (Phi) is 5.88. The summed E-state index contributed by atoms with van der Waals surface area (Å²) < 4.78 is 7.98. The highest BCUT2D eigenvalue weighted by Crippen LogP contribution is 2.22. The number of aryl methyl sites for hydroxylation is 1. The zero-order valence-corrected chi connectivity index (χ0v) is 14.6. The van der Waals surface area contributed by atoms with E-state index >= 15 is 0 Å². The first-order valence-electron chi connectivity index (χ1n) is 5.98. The van der Waals surface area contributed by atoms with Crippen LogP contribution in [0.4, 0.5) is 0 Å². The van der Waals surface area contributed by atoms with Crippen LogP contribution in [-0.4, -0.2) is 13.2 Å². The van der Waals surface area contributed by atoms with E-state index in [9.17, 15) is 0 Å². The molecular formula is C14H15Br2NOS. The lowest BCUT2D eigenvalue weighted by molar-refractivity contribution is 0.312. The Labute approximate surface area is 134 Å². The molecule has 5 heteroatoms. The first-order valence-corrected chi connectivity index (χ1v) is 8.44. The molecule has 0 unspecified atom stereocenters. The minimum absolute atomic E-state index is 0.676. The minimum Gasteiger partial charge on any atom is -0.492 e. The highest BCUT2D eigenvalue weighted by atomic mass is 79.9. The van der Waals surface area contributed by atoms with Crippen molar-refractivity contribution in [3.8, 4) is 5.75 Å². The van der Waals surface area contributed by atoms with Crippen LogP contribution in [-0.2, 0) is 6.54 Å². The maximum Gasteiger partial charge on any atom is 0.122 e. The van der Waals surface area contributed by atoms with Crippen LogP contribution in [0.1, 0.15) is 10.4 Å². The first-order chi connectivity index (χ1) is 9.15. The summed E-state index contributed by atoms with van der Waals surface area (Å²) in [5, 5.41) is 5.47. The summed E-state index contributed by atoms with van der Waals surface area (Å²) >= 11 is 8.65. The summed E-state index contributed by atoms with van der Waals surface area (Å²) in [5.41, 5.74) is 1.15. The van der Waals surface area contributed by atoms with Crippen molar-refractivity contribution in [1.82, 2.24) is 5.32 Å². The fourth-order valence-electron chi connectivity index (χ4n) is 1.67. The zero-order valence-electron chi connectivity index (χ0n) is 10.6. The summed E-state index contributed by atoms with van der Waals surface area (Å²) in [4.78, 5) is 1.33. The van der Waals surface area contributed by atoms with Gasteiger partial charge in [-0.25, -0.2) is 0 Å². The van der Waals surface area contributed by atoms with Gasteiger partial charge in [0, 0.05) is 32.3 Å². The molecule has 1 aromatic heterocycles. The van der Waals surface area contributed by atoms with E-state index in [0.717, 1.165) is 33.3 Å². The van der Waals surface area contributed by atoms with Crippen molar-refractivity contribution in [2.45, 2.75) is 13.5 Å². The second kappa shape index (κ2) is 7.43. The smallest absolute Gasteiger partial charge is 0.122 e. The fraction of sp³-hybridized carbons (Fsp3) is 0.286. The predicted molar refractivity (Wildman–Crippen MR) is 88.1 cm³/mol. The number of halogens is 2. The number of thiophene rings is 1. The molecule has 2 nitrogen and oxygen atoms in total. The third-order valence-electron chi connectivity index (χ3n) is 2.59. The molecule has 0 saturated carbocycles. The Hall–Kier alpha value is -0.360. The molecule has 1 aromatic carbocycles. The van der Waals surface area contributed by atoms with Gasteiger partial charge in [0.25, 0.3) is 0 Å². The summed E-state index contributed by atoms with van der Waals surface area (Å²) in [6, 6.07) is 8.19. The van der Waals surface area contributed by atoms with Gasteiger partial charge in [0.05, 0.1) is 0 Å². The second-order valence-corrected chi connectivity index (χ2v) is 6.99. The summed E-state index contributed by atoms with van der Waals surface area (Å²) in [5.74, 6) is 0.948. The molecule has 0 bridgehead atoms. The molecule has 0 aliphatic rings. The van der Waals surface area contributed by atoms with Crippen LogP contribution in [0.2, 0.25) is 0 Å². The number of benzene rings is 1. The monoisotopic (exact) mass is 403 g/mol. The Morgan fingerprint density at radius 2 is 2.05 bits per heavy atom. The van der Waals surface area contributed by atoms with Crippen LogP contribution in [0, 0.1) is 6.92 Å². The molecule has 1 N–H and O–H groups in total. The van der Waals surface area contributed by atoms with Crippen molar-refractivity contribution in [2.24, 2.45) is 0 Å². The SMILES string of the molecule is Cc1cc(Br)ccc1OCCNCc1cc(Br)cs1. The number of hydrogen-bond acceptors (Lipinski definition) is 3. The van der Waals surface area contributed by atoms with Crippen molar-refractivity contribution >= 4 is 43.2 Å². The van der Waals surface area contributed by atoms with Crippen molar-refractivity contribution in [2.75, 3.05) is 13.2 Å². The Balaban J connectivity index is 1.69. The van der Waals surface area contributed by atoms with Crippen molar-refractivity contribution < 1.29 is 4.74 Å². The summed E-state index contributed by atoms with van der Waals surface area (Å²) in [6.07, 6.45) is 0. The Bertz CT molecular complexity index is 542. The van der Waals surface area contributed by atoms with Gasteiger partial charge < -0.3 is 10.1 Å². The van der Waals surface area contributed by atoms with Gasteiger partial charge >= 0.3 is 0 Å². The molecule has 0 aliphatic heterocycles. The van der Waals surface area contributed by atoms with Gasteiger partial charge in [-0.2, -0.15) is 0 Å². The first kappa shape index (κ1) is 15.0. The van der Waals surface area contributed by atoms with Crippen LogP contribution in [0.5, 0.6) is 5.75 Å². The highest BCUT2D eigenvalue weighted by molar-refractivity contribution is 9.10. The Morgan fingerprint density at radius 3 is 2.74 bits per heavy atom. The average molecular weight is 405 g/mol. The molecule has 0 fully saturated rings.